The van der Waals surface area contributed by atoms with Gasteiger partial charge < -0.3 is 12.6 Å². The van der Waals surface area contributed by atoms with E-state index in [1.807, 2.05) is 24.3 Å². The van der Waals surface area contributed by atoms with Crippen LogP contribution in [-0.4, -0.2) is 0 Å². The Morgan fingerprint density at radius 2 is 2.12 bits per heavy atom. The third-order valence-electron chi connectivity index (χ3n) is 0.796. The van der Waals surface area contributed by atoms with Crippen molar-refractivity contribution < 1.29 is 0 Å². The van der Waals surface area contributed by atoms with Crippen molar-refractivity contribution in [2.24, 2.45) is 0 Å². The van der Waals surface area contributed by atoms with Crippen molar-refractivity contribution in [1.82, 2.24) is 0 Å². The fourth-order valence-corrected chi connectivity index (χ4v) is 1.22. The van der Waals surface area contributed by atoms with Gasteiger partial charge in [0.15, 0.2) is 0 Å². The molecule has 8 heavy (non-hydrogen) atoms. The highest BCUT2D eigenvalue weighted by atomic mass is 79.9. The van der Waals surface area contributed by atoms with Crippen LogP contribution in [0.1, 0.15) is 0 Å². The van der Waals surface area contributed by atoms with Gasteiger partial charge in [0, 0.05) is 4.47 Å². The van der Waals surface area contributed by atoms with Crippen LogP contribution in [0.15, 0.2) is 33.6 Å². The average molecular weight is 188 g/mol. The largest absolute Gasteiger partial charge is 0.780 e. The lowest BCUT2D eigenvalue weighted by Crippen LogP contribution is -1.66. The molecule has 0 unspecified atom stereocenters. The maximum atomic E-state index is 4.87. The molecule has 0 aliphatic rings. The van der Waals surface area contributed by atoms with E-state index < -0.39 is 0 Å². The molecule has 0 spiro atoms. The number of hydrogen-bond donors (Lipinski definition) is 0. The maximum absolute atomic E-state index is 4.87. The van der Waals surface area contributed by atoms with Crippen molar-refractivity contribution in [1.29, 1.82) is 0 Å². The minimum atomic E-state index is 0.874. The summed E-state index contributed by atoms with van der Waals surface area (Å²) in [4.78, 5) is 0.874. The Hall–Kier alpha value is -0.0800. The molecule has 0 N–H and O–H groups in total. The van der Waals surface area contributed by atoms with E-state index in [0.29, 0.717) is 0 Å². The summed E-state index contributed by atoms with van der Waals surface area (Å²) in [5, 5.41) is 0. The summed E-state index contributed by atoms with van der Waals surface area (Å²) in [6.07, 6.45) is 0. The first-order valence-corrected chi connectivity index (χ1v) is 3.42. The van der Waals surface area contributed by atoms with E-state index in [9.17, 15) is 0 Å². The summed E-state index contributed by atoms with van der Waals surface area (Å²) >= 11 is 8.16. The van der Waals surface area contributed by atoms with E-state index in [4.69, 9.17) is 12.6 Å². The summed E-state index contributed by atoms with van der Waals surface area (Å²) in [6.45, 7) is 0. The van der Waals surface area contributed by atoms with Crippen LogP contribution in [0.3, 0.4) is 0 Å². The molecule has 0 bridgehead atoms. The van der Waals surface area contributed by atoms with E-state index in [1.54, 1.807) is 0 Å². The fraction of sp³-hybridized carbons (Fsp3) is 0. The predicted octanol–water partition coefficient (Wildman–Crippen LogP) is 2.35. The molecule has 0 aliphatic carbocycles. The van der Waals surface area contributed by atoms with Gasteiger partial charge in [-0.15, -0.1) is 0 Å². The van der Waals surface area contributed by atoms with Gasteiger partial charge in [0.25, 0.3) is 0 Å². The first kappa shape index (κ1) is 6.05. The zero-order valence-corrected chi connectivity index (χ0v) is 6.50. The summed E-state index contributed by atoms with van der Waals surface area (Å²) in [6, 6.07) is 7.66. The fourth-order valence-electron chi connectivity index (χ4n) is 0.467. The van der Waals surface area contributed by atoms with Crippen LogP contribution in [-0.2, 0) is 12.6 Å². The van der Waals surface area contributed by atoms with Crippen LogP contribution in [0.5, 0.6) is 0 Å². The van der Waals surface area contributed by atoms with Gasteiger partial charge in [-0.05, 0) is 6.07 Å². The van der Waals surface area contributed by atoms with Gasteiger partial charge in [0.2, 0.25) is 0 Å². The van der Waals surface area contributed by atoms with Crippen molar-refractivity contribution in [2.75, 3.05) is 0 Å². The minimum absolute atomic E-state index is 0.874. The summed E-state index contributed by atoms with van der Waals surface area (Å²) < 4.78 is 1.05. The van der Waals surface area contributed by atoms with Gasteiger partial charge in [-0.25, -0.2) is 0 Å². The van der Waals surface area contributed by atoms with Crippen LogP contribution in [0, 0.1) is 0 Å². The molecule has 0 radical (unpaired) electrons. The molecule has 0 aliphatic heterocycles. The topological polar surface area (TPSA) is 0 Å². The first-order valence-electron chi connectivity index (χ1n) is 2.21. The van der Waals surface area contributed by atoms with E-state index in [-0.39, 0.29) is 0 Å². The predicted molar refractivity (Wildman–Crippen MR) is 39.8 cm³/mol. The maximum Gasteiger partial charge on any atom is 0.0160 e. The number of halogens is 1. The van der Waals surface area contributed by atoms with E-state index >= 15 is 0 Å². The second-order valence-electron chi connectivity index (χ2n) is 1.46. The molecule has 0 aromatic heterocycles. The number of benzene rings is 1. The Morgan fingerprint density at radius 1 is 1.38 bits per heavy atom. The molecular weight excluding hydrogens is 184 g/mol. The van der Waals surface area contributed by atoms with E-state index in [2.05, 4.69) is 15.9 Å². The molecule has 1 aromatic carbocycles. The molecule has 0 nitrogen and oxygen atoms in total. The number of hydrogen-bond acceptors (Lipinski definition) is 1. The monoisotopic (exact) mass is 187 g/mol. The van der Waals surface area contributed by atoms with Crippen LogP contribution >= 0.6 is 15.9 Å². The van der Waals surface area contributed by atoms with Gasteiger partial charge in [-0.1, -0.05) is 34.1 Å². The normalized spacial score (nSPS) is 9.12. The molecule has 0 saturated carbocycles. The summed E-state index contributed by atoms with van der Waals surface area (Å²) in [5.74, 6) is 0. The second kappa shape index (κ2) is 2.46. The van der Waals surface area contributed by atoms with Crippen molar-refractivity contribution in [2.45, 2.75) is 4.90 Å². The van der Waals surface area contributed by atoms with Gasteiger partial charge in [-0.3, -0.25) is 0 Å². The van der Waals surface area contributed by atoms with Gasteiger partial charge in [-0.2, -0.15) is 4.90 Å². The molecule has 1 aromatic rings. The van der Waals surface area contributed by atoms with Crippen LogP contribution in [0.2, 0.25) is 0 Å². The Bertz CT molecular complexity index is 168. The Balaban J connectivity index is 3.08. The third kappa shape index (κ3) is 1.46. The molecule has 0 atom stereocenters. The molecular formula is C6H4BrS-. The Kier molecular flexibility index (Phi) is 1.86. The SMILES string of the molecule is [S-]c1cccc(Br)c1. The average Bonchev–Trinajstić information content (AvgIpc) is 1.64. The van der Waals surface area contributed by atoms with Crippen molar-refractivity contribution in [3.63, 3.8) is 0 Å². The molecule has 0 heterocycles. The summed E-state index contributed by atoms with van der Waals surface area (Å²) in [7, 11) is 0. The van der Waals surface area contributed by atoms with Gasteiger partial charge in [0.05, 0.1) is 0 Å². The zero-order chi connectivity index (χ0) is 5.98. The zero-order valence-electron chi connectivity index (χ0n) is 4.10. The Morgan fingerprint density at radius 3 is 2.50 bits per heavy atom. The van der Waals surface area contributed by atoms with Gasteiger partial charge >= 0.3 is 0 Å². The standard InChI is InChI=1S/C6H5BrS/c7-5-2-1-3-6(8)4-5/h1-4,8H/p-1. The van der Waals surface area contributed by atoms with E-state index in [0.717, 1.165) is 9.37 Å². The molecule has 42 valence electrons. The highest BCUT2D eigenvalue weighted by Crippen LogP contribution is 2.10. The highest BCUT2D eigenvalue weighted by Gasteiger charge is 1.77. The van der Waals surface area contributed by atoms with Crippen LogP contribution in [0.4, 0.5) is 0 Å². The van der Waals surface area contributed by atoms with E-state index in [1.165, 1.54) is 0 Å². The molecule has 0 amide bonds. The lowest BCUT2D eigenvalue weighted by atomic mass is 10.4. The van der Waals surface area contributed by atoms with Crippen molar-refractivity contribution in [3.8, 4) is 0 Å². The smallest absolute Gasteiger partial charge is 0.0160 e. The number of rotatable bonds is 0. The lowest BCUT2D eigenvalue weighted by molar-refractivity contribution is 1.45. The highest BCUT2D eigenvalue weighted by molar-refractivity contribution is 9.10. The molecule has 2 heteroatoms. The lowest BCUT2D eigenvalue weighted by Gasteiger charge is -2.01. The van der Waals surface area contributed by atoms with Gasteiger partial charge in [0.1, 0.15) is 0 Å². The first-order chi connectivity index (χ1) is 3.79. The summed E-state index contributed by atoms with van der Waals surface area (Å²) in [5.41, 5.74) is 0. The molecule has 1 rings (SSSR count). The van der Waals surface area contributed by atoms with Crippen molar-refractivity contribution >= 4 is 28.6 Å². The van der Waals surface area contributed by atoms with Crippen LogP contribution in [0.25, 0.3) is 0 Å². The Labute approximate surface area is 62.5 Å². The minimum Gasteiger partial charge on any atom is -0.780 e. The van der Waals surface area contributed by atoms with Crippen LogP contribution < -0.4 is 0 Å². The third-order valence-corrected chi connectivity index (χ3v) is 1.54. The molecule has 0 saturated heterocycles. The second-order valence-corrected chi connectivity index (χ2v) is 2.84. The van der Waals surface area contributed by atoms with Crippen molar-refractivity contribution in [3.05, 3.63) is 28.7 Å². The molecule has 0 fully saturated rings. The quantitative estimate of drug-likeness (QED) is 0.563.